The Hall–Kier alpha value is -1.43. The fraction of sp³-hybridized carbons (Fsp3) is 0.545. The number of nitrogens with zero attached hydrogens (tertiary/aromatic N) is 1. The van der Waals surface area contributed by atoms with Crippen LogP contribution in [0.25, 0.3) is 0 Å². The topological polar surface area (TPSA) is 68.3 Å². The Balaban J connectivity index is 2.26. The largest absolute Gasteiger partial charge is 0.444 e. The number of ether oxygens (including phenoxy) is 1. The van der Waals surface area contributed by atoms with Crippen molar-refractivity contribution in [2.75, 3.05) is 6.54 Å². The van der Waals surface area contributed by atoms with Crippen molar-refractivity contribution in [1.82, 2.24) is 9.69 Å². The van der Waals surface area contributed by atoms with E-state index in [1.165, 1.54) is 11.5 Å². The maximum absolute atomic E-state index is 11.5. The number of ketones is 1. The standard InChI is InChI=1S/C11H16N2O3S/c1-11(2,3)16-10(15)12-7-8(14)6-9-4-5-13-17-9/h4-5H,6-7H2,1-3H3,(H,12,15). The summed E-state index contributed by atoms with van der Waals surface area (Å²) in [7, 11) is 0. The van der Waals surface area contributed by atoms with Gasteiger partial charge in [-0.2, -0.15) is 0 Å². The molecule has 0 saturated carbocycles. The first kappa shape index (κ1) is 13.6. The molecule has 0 aliphatic rings. The molecule has 0 radical (unpaired) electrons. The lowest BCUT2D eigenvalue weighted by Crippen LogP contribution is -2.35. The molecule has 0 saturated heterocycles. The smallest absolute Gasteiger partial charge is 0.408 e. The molecule has 6 heteroatoms. The highest BCUT2D eigenvalue weighted by atomic mass is 32.1. The quantitative estimate of drug-likeness (QED) is 0.891. The molecule has 1 aromatic rings. The number of Topliss-reactive ketones (excluding diaryl/α,β-unsaturated/α-hetero) is 1. The summed E-state index contributed by atoms with van der Waals surface area (Å²) in [6.45, 7) is 5.29. The first-order chi connectivity index (χ1) is 7.87. The van der Waals surface area contributed by atoms with Gasteiger partial charge in [0.25, 0.3) is 0 Å². The molecule has 0 unspecified atom stereocenters. The van der Waals surface area contributed by atoms with Crippen LogP contribution in [0.1, 0.15) is 25.6 Å². The molecular weight excluding hydrogens is 240 g/mol. The van der Waals surface area contributed by atoms with E-state index in [-0.39, 0.29) is 12.3 Å². The molecule has 1 amide bonds. The lowest BCUT2D eigenvalue weighted by atomic mass is 10.2. The van der Waals surface area contributed by atoms with Crippen molar-refractivity contribution < 1.29 is 14.3 Å². The molecular formula is C11H16N2O3S. The summed E-state index contributed by atoms with van der Waals surface area (Å²) in [6.07, 6.45) is 1.37. The van der Waals surface area contributed by atoms with E-state index in [4.69, 9.17) is 4.74 Å². The van der Waals surface area contributed by atoms with Crippen molar-refractivity contribution in [2.24, 2.45) is 0 Å². The molecule has 0 aromatic carbocycles. The van der Waals surface area contributed by atoms with Crippen LogP contribution in [0.3, 0.4) is 0 Å². The van der Waals surface area contributed by atoms with Crippen molar-refractivity contribution in [1.29, 1.82) is 0 Å². The van der Waals surface area contributed by atoms with Gasteiger partial charge in [0, 0.05) is 17.5 Å². The number of alkyl carbamates (subject to hydrolysis) is 1. The van der Waals surface area contributed by atoms with E-state index in [0.29, 0.717) is 6.42 Å². The minimum absolute atomic E-state index is 0.0210. The van der Waals surface area contributed by atoms with Crippen LogP contribution >= 0.6 is 11.5 Å². The molecule has 0 atom stereocenters. The molecule has 0 aliphatic heterocycles. The zero-order chi connectivity index (χ0) is 12.9. The minimum Gasteiger partial charge on any atom is -0.444 e. The molecule has 1 N–H and O–H groups in total. The monoisotopic (exact) mass is 256 g/mol. The number of rotatable bonds is 4. The van der Waals surface area contributed by atoms with Gasteiger partial charge in [-0.15, -0.1) is 0 Å². The van der Waals surface area contributed by atoms with Crippen molar-refractivity contribution in [2.45, 2.75) is 32.8 Å². The van der Waals surface area contributed by atoms with Crippen LogP contribution < -0.4 is 5.32 Å². The Kier molecular flexibility index (Phi) is 4.62. The van der Waals surface area contributed by atoms with Crippen LogP contribution in [0.5, 0.6) is 0 Å². The van der Waals surface area contributed by atoms with Gasteiger partial charge >= 0.3 is 6.09 Å². The summed E-state index contributed by atoms with van der Waals surface area (Å²) in [6, 6.07) is 1.79. The first-order valence-electron chi connectivity index (χ1n) is 5.25. The van der Waals surface area contributed by atoms with E-state index in [1.807, 2.05) is 0 Å². The average molecular weight is 256 g/mol. The second kappa shape index (κ2) is 5.77. The van der Waals surface area contributed by atoms with Gasteiger partial charge in [-0.1, -0.05) is 0 Å². The summed E-state index contributed by atoms with van der Waals surface area (Å²) in [5.74, 6) is -0.0693. The summed E-state index contributed by atoms with van der Waals surface area (Å²) in [5.41, 5.74) is -0.551. The second-order valence-corrected chi connectivity index (χ2v) is 5.47. The van der Waals surface area contributed by atoms with Crippen LogP contribution in [0.2, 0.25) is 0 Å². The van der Waals surface area contributed by atoms with Crippen LogP contribution in [-0.4, -0.2) is 28.4 Å². The van der Waals surface area contributed by atoms with Gasteiger partial charge in [-0.05, 0) is 38.4 Å². The van der Waals surface area contributed by atoms with E-state index in [9.17, 15) is 9.59 Å². The van der Waals surface area contributed by atoms with Crippen LogP contribution in [-0.2, 0) is 16.0 Å². The Morgan fingerprint density at radius 1 is 1.47 bits per heavy atom. The van der Waals surface area contributed by atoms with Gasteiger partial charge in [0.15, 0.2) is 5.78 Å². The molecule has 1 heterocycles. The lowest BCUT2D eigenvalue weighted by Gasteiger charge is -2.19. The fourth-order valence-corrected chi connectivity index (χ4v) is 1.68. The number of carbonyl (C=O) groups excluding carboxylic acids is 2. The number of nitrogens with one attached hydrogen (secondary N) is 1. The average Bonchev–Trinajstić information content (AvgIpc) is 2.64. The summed E-state index contributed by atoms with van der Waals surface area (Å²) < 4.78 is 8.91. The highest BCUT2D eigenvalue weighted by Crippen LogP contribution is 2.07. The Morgan fingerprint density at radius 2 is 2.18 bits per heavy atom. The van der Waals surface area contributed by atoms with Crippen molar-refractivity contribution in [3.05, 3.63) is 17.1 Å². The van der Waals surface area contributed by atoms with Gasteiger partial charge in [0.1, 0.15) is 5.60 Å². The fourth-order valence-electron chi connectivity index (χ4n) is 1.08. The van der Waals surface area contributed by atoms with E-state index < -0.39 is 11.7 Å². The normalized spacial score (nSPS) is 11.0. The van der Waals surface area contributed by atoms with Gasteiger partial charge in [-0.25, -0.2) is 9.17 Å². The Morgan fingerprint density at radius 3 is 2.71 bits per heavy atom. The number of aromatic nitrogens is 1. The van der Waals surface area contributed by atoms with Gasteiger partial charge < -0.3 is 10.1 Å². The third-order valence-electron chi connectivity index (χ3n) is 1.69. The third-order valence-corrected chi connectivity index (χ3v) is 2.43. The highest BCUT2D eigenvalue weighted by molar-refractivity contribution is 7.05. The Labute approximate surface area is 104 Å². The summed E-state index contributed by atoms with van der Waals surface area (Å²) in [5, 5.41) is 2.42. The zero-order valence-corrected chi connectivity index (χ0v) is 11.0. The third kappa shape index (κ3) is 6.01. The van der Waals surface area contributed by atoms with Crippen LogP contribution in [0.4, 0.5) is 4.79 Å². The van der Waals surface area contributed by atoms with E-state index in [0.717, 1.165) is 4.88 Å². The number of hydrogen-bond donors (Lipinski definition) is 1. The SMILES string of the molecule is CC(C)(C)OC(=O)NCC(=O)Cc1ccns1. The Bertz CT molecular complexity index is 382. The molecule has 1 rings (SSSR count). The van der Waals surface area contributed by atoms with E-state index in [2.05, 4.69) is 9.69 Å². The van der Waals surface area contributed by atoms with Gasteiger partial charge in [-0.3, -0.25) is 4.79 Å². The highest BCUT2D eigenvalue weighted by Gasteiger charge is 2.16. The number of carbonyl (C=O) groups is 2. The van der Waals surface area contributed by atoms with Crippen molar-refractivity contribution in [3.8, 4) is 0 Å². The summed E-state index contributed by atoms with van der Waals surface area (Å²) >= 11 is 1.28. The van der Waals surface area contributed by atoms with Crippen LogP contribution in [0, 0.1) is 0 Å². The molecule has 5 nitrogen and oxygen atoms in total. The number of amides is 1. The zero-order valence-electron chi connectivity index (χ0n) is 10.1. The van der Waals surface area contributed by atoms with Crippen molar-refractivity contribution >= 4 is 23.4 Å². The molecule has 17 heavy (non-hydrogen) atoms. The first-order valence-corrected chi connectivity index (χ1v) is 6.02. The molecule has 1 aromatic heterocycles. The molecule has 0 fully saturated rings. The summed E-state index contributed by atoms with van der Waals surface area (Å²) in [4.78, 5) is 23.6. The lowest BCUT2D eigenvalue weighted by molar-refractivity contribution is -0.117. The van der Waals surface area contributed by atoms with Gasteiger partial charge in [0.05, 0.1) is 6.54 Å². The maximum Gasteiger partial charge on any atom is 0.408 e. The maximum atomic E-state index is 11.5. The predicted octanol–water partition coefficient (Wildman–Crippen LogP) is 1.78. The van der Waals surface area contributed by atoms with Gasteiger partial charge in [0.2, 0.25) is 0 Å². The van der Waals surface area contributed by atoms with Crippen LogP contribution in [0.15, 0.2) is 12.3 Å². The van der Waals surface area contributed by atoms with E-state index >= 15 is 0 Å². The minimum atomic E-state index is -0.574. The van der Waals surface area contributed by atoms with E-state index in [1.54, 1.807) is 33.0 Å². The molecule has 0 bridgehead atoms. The molecule has 0 aliphatic carbocycles. The molecule has 0 spiro atoms. The predicted molar refractivity (Wildman–Crippen MR) is 65.1 cm³/mol. The second-order valence-electron chi connectivity index (χ2n) is 4.55. The number of hydrogen-bond acceptors (Lipinski definition) is 5. The van der Waals surface area contributed by atoms with Crippen molar-refractivity contribution in [3.63, 3.8) is 0 Å². The molecule has 94 valence electrons.